The Morgan fingerprint density at radius 3 is 2.27 bits per heavy atom. The highest BCUT2D eigenvalue weighted by atomic mass is 32.2. The van der Waals surface area contributed by atoms with Gasteiger partial charge in [0.25, 0.3) is 0 Å². The summed E-state index contributed by atoms with van der Waals surface area (Å²) in [5.41, 5.74) is 0.551. The maximum atomic E-state index is 11.3. The minimum atomic E-state index is -3.72. The number of primary sulfonamides is 1. The molecule has 2 unspecified atom stereocenters. The quantitative estimate of drug-likeness (QED) is 0.805. The van der Waals surface area contributed by atoms with Crippen molar-refractivity contribution in [2.75, 3.05) is 0 Å². The molecule has 0 saturated carbocycles. The molecule has 0 bridgehead atoms. The molecule has 0 aromatic heterocycles. The van der Waals surface area contributed by atoms with Crippen LogP contribution in [0.5, 0.6) is 0 Å². The van der Waals surface area contributed by atoms with E-state index in [2.05, 4.69) is 0 Å². The smallest absolute Gasteiger partial charge is 0.238 e. The maximum Gasteiger partial charge on any atom is 0.238 e. The van der Waals surface area contributed by atoms with Crippen molar-refractivity contribution in [1.82, 2.24) is 0 Å². The fourth-order valence-electron chi connectivity index (χ4n) is 1.38. The number of benzene rings is 1. The molecule has 5 heteroatoms. The zero-order valence-corrected chi connectivity index (χ0v) is 9.53. The third kappa shape index (κ3) is 2.77. The van der Waals surface area contributed by atoms with Gasteiger partial charge in [0.2, 0.25) is 10.0 Å². The first-order valence-corrected chi connectivity index (χ1v) is 6.18. The van der Waals surface area contributed by atoms with E-state index in [9.17, 15) is 13.5 Å². The Morgan fingerprint density at radius 2 is 1.80 bits per heavy atom. The highest BCUT2D eigenvalue weighted by Crippen LogP contribution is 2.25. The zero-order valence-electron chi connectivity index (χ0n) is 8.71. The lowest BCUT2D eigenvalue weighted by Gasteiger charge is -2.17. The second-order valence-corrected chi connectivity index (χ2v) is 5.14. The van der Waals surface area contributed by atoms with Gasteiger partial charge in [0.1, 0.15) is 0 Å². The van der Waals surface area contributed by atoms with Gasteiger partial charge in [0.05, 0.1) is 11.0 Å². The first-order chi connectivity index (χ1) is 6.84. The van der Waals surface area contributed by atoms with Gasteiger partial charge in [0, 0.05) is 5.92 Å². The second kappa shape index (κ2) is 4.30. The van der Waals surface area contributed by atoms with Gasteiger partial charge >= 0.3 is 0 Å². The zero-order chi connectivity index (χ0) is 11.6. The van der Waals surface area contributed by atoms with Crippen LogP contribution in [0.3, 0.4) is 0 Å². The van der Waals surface area contributed by atoms with Crippen LogP contribution in [0.4, 0.5) is 0 Å². The third-order valence-corrected chi connectivity index (χ3v) is 3.42. The molecule has 0 aliphatic heterocycles. The lowest BCUT2D eigenvalue weighted by Crippen LogP contribution is -2.19. The van der Waals surface area contributed by atoms with E-state index in [0.29, 0.717) is 5.56 Å². The van der Waals surface area contributed by atoms with Crippen LogP contribution in [0.25, 0.3) is 0 Å². The molecular weight excluding hydrogens is 214 g/mol. The molecule has 4 nitrogen and oxygen atoms in total. The van der Waals surface area contributed by atoms with Crippen molar-refractivity contribution in [1.29, 1.82) is 0 Å². The average Bonchev–Trinajstić information content (AvgIpc) is 2.15. The van der Waals surface area contributed by atoms with Gasteiger partial charge in [-0.15, -0.1) is 0 Å². The number of hydrogen-bond donors (Lipinski definition) is 2. The monoisotopic (exact) mass is 229 g/mol. The molecular formula is C10H15NO3S. The molecule has 1 aromatic carbocycles. The molecule has 0 heterocycles. The fourth-order valence-corrected chi connectivity index (χ4v) is 2.23. The molecule has 0 aliphatic rings. The molecule has 0 radical (unpaired) electrons. The minimum Gasteiger partial charge on any atom is -0.393 e. The van der Waals surface area contributed by atoms with Gasteiger partial charge in [-0.05, 0) is 18.6 Å². The predicted octanol–water partition coefficient (Wildman–Crippen LogP) is 0.818. The number of nitrogens with two attached hydrogens (primary N) is 1. The summed E-state index contributed by atoms with van der Waals surface area (Å²) >= 11 is 0. The minimum absolute atomic E-state index is 0.0819. The van der Waals surface area contributed by atoms with Crippen molar-refractivity contribution in [2.24, 2.45) is 5.14 Å². The van der Waals surface area contributed by atoms with Gasteiger partial charge < -0.3 is 5.11 Å². The Balaban J connectivity index is 3.31. The molecule has 0 aliphatic carbocycles. The topological polar surface area (TPSA) is 80.4 Å². The van der Waals surface area contributed by atoms with Crippen LogP contribution in [0.15, 0.2) is 29.2 Å². The van der Waals surface area contributed by atoms with Crippen LogP contribution in [-0.2, 0) is 10.0 Å². The Bertz CT molecular complexity index is 440. The van der Waals surface area contributed by atoms with Gasteiger partial charge in [-0.25, -0.2) is 13.6 Å². The van der Waals surface area contributed by atoms with Crippen molar-refractivity contribution < 1.29 is 13.5 Å². The van der Waals surface area contributed by atoms with E-state index in [0.717, 1.165) is 0 Å². The van der Waals surface area contributed by atoms with Gasteiger partial charge in [-0.1, -0.05) is 25.1 Å². The molecule has 0 saturated heterocycles. The molecule has 15 heavy (non-hydrogen) atoms. The Hall–Kier alpha value is -0.910. The van der Waals surface area contributed by atoms with Gasteiger partial charge in [-0.3, -0.25) is 0 Å². The molecule has 84 valence electrons. The van der Waals surface area contributed by atoms with Gasteiger partial charge in [-0.2, -0.15) is 0 Å². The molecule has 3 N–H and O–H groups in total. The number of sulfonamides is 1. The molecule has 0 spiro atoms. The number of hydrogen-bond acceptors (Lipinski definition) is 3. The molecule has 0 amide bonds. The maximum absolute atomic E-state index is 11.3. The first-order valence-electron chi connectivity index (χ1n) is 4.64. The van der Waals surface area contributed by atoms with Crippen LogP contribution in [0.2, 0.25) is 0 Å². The Morgan fingerprint density at radius 1 is 1.27 bits per heavy atom. The van der Waals surface area contributed by atoms with E-state index in [4.69, 9.17) is 5.14 Å². The van der Waals surface area contributed by atoms with Crippen molar-refractivity contribution in [3.63, 3.8) is 0 Å². The summed E-state index contributed by atoms with van der Waals surface area (Å²) in [7, 11) is -3.72. The summed E-state index contributed by atoms with van der Waals surface area (Å²) in [4.78, 5) is 0.0819. The number of rotatable bonds is 3. The number of aliphatic hydroxyl groups excluding tert-OH is 1. The average molecular weight is 229 g/mol. The van der Waals surface area contributed by atoms with Crippen LogP contribution in [0.1, 0.15) is 25.3 Å². The summed E-state index contributed by atoms with van der Waals surface area (Å²) < 4.78 is 22.6. The van der Waals surface area contributed by atoms with E-state index in [1.807, 2.05) is 0 Å². The van der Waals surface area contributed by atoms with Crippen molar-refractivity contribution in [3.05, 3.63) is 29.8 Å². The normalized spacial score (nSPS) is 16.0. The third-order valence-electron chi connectivity index (χ3n) is 2.44. The van der Waals surface area contributed by atoms with E-state index in [1.54, 1.807) is 32.0 Å². The van der Waals surface area contributed by atoms with E-state index < -0.39 is 16.1 Å². The Kier molecular flexibility index (Phi) is 3.49. The van der Waals surface area contributed by atoms with Crippen molar-refractivity contribution >= 4 is 10.0 Å². The lowest BCUT2D eigenvalue weighted by molar-refractivity contribution is 0.168. The summed E-state index contributed by atoms with van der Waals surface area (Å²) in [6, 6.07) is 6.45. The lowest BCUT2D eigenvalue weighted by atomic mass is 9.96. The van der Waals surface area contributed by atoms with E-state index in [1.165, 1.54) is 6.07 Å². The predicted molar refractivity (Wildman–Crippen MR) is 57.9 cm³/mol. The SMILES string of the molecule is CC(O)C(C)c1ccccc1S(N)(=O)=O. The molecule has 1 rings (SSSR count). The summed E-state index contributed by atoms with van der Waals surface area (Å²) in [6.45, 7) is 3.37. The van der Waals surface area contributed by atoms with Gasteiger partial charge in [0.15, 0.2) is 0 Å². The molecule has 1 aromatic rings. The van der Waals surface area contributed by atoms with Crippen LogP contribution < -0.4 is 5.14 Å². The first kappa shape index (κ1) is 12.2. The van der Waals surface area contributed by atoms with Crippen LogP contribution in [0, 0.1) is 0 Å². The summed E-state index contributed by atoms with van der Waals surface area (Å²) in [6.07, 6.45) is -0.618. The highest BCUT2D eigenvalue weighted by Gasteiger charge is 2.20. The Labute approximate surface area is 89.8 Å². The van der Waals surface area contributed by atoms with E-state index >= 15 is 0 Å². The standard InChI is InChI=1S/C10H15NO3S/c1-7(8(2)12)9-5-3-4-6-10(9)15(11,13)14/h3-8,12H,1-2H3,(H2,11,13,14). The van der Waals surface area contributed by atoms with Crippen molar-refractivity contribution in [2.45, 2.75) is 30.8 Å². The fraction of sp³-hybridized carbons (Fsp3) is 0.400. The number of aliphatic hydroxyl groups is 1. The van der Waals surface area contributed by atoms with Crippen molar-refractivity contribution in [3.8, 4) is 0 Å². The highest BCUT2D eigenvalue weighted by molar-refractivity contribution is 7.89. The summed E-state index contributed by atoms with van der Waals surface area (Å²) in [5, 5.41) is 14.5. The van der Waals surface area contributed by atoms with E-state index in [-0.39, 0.29) is 10.8 Å². The van der Waals surface area contributed by atoms with Crippen LogP contribution in [-0.4, -0.2) is 19.6 Å². The van der Waals surface area contributed by atoms with Crippen LogP contribution >= 0.6 is 0 Å². The molecule has 2 atom stereocenters. The second-order valence-electron chi connectivity index (χ2n) is 3.61. The molecule has 0 fully saturated rings. The largest absolute Gasteiger partial charge is 0.393 e. The summed E-state index contributed by atoms with van der Waals surface area (Å²) in [5.74, 6) is -0.264.